The molecule has 0 fully saturated rings. The van der Waals surface area contributed by atoms with Crippen LogP contribution in [0, 0.1) is 6.92 Å². The van der Waals surface area contributed by atoms with Crippen molar-refractivity contribution in [1.29, 1.82) is 0 Å². The molecule has 2 N–H and O–H groups in total. The fourth-order valence-electron chi connectivity index (χ4n) is 2.40. The molecule has 7 heteroatoms. The zero-order valence-corrected chi connectivity index (χ0v) is 17.3. The molecule has 0 amide bonds. The molecule has 0 saturated carbocycles. The molecule has 5 nitrogen and oxygen atoms in total. The van der Waals surface area contributed by atoms with Crippen LogP contribution in [0.5, 0.6) is 0 Å². The highest BCUT2D eigenvalue weighted by atomic mass is 32.2. The number of thiocarbonyl (C=S) groups is 1. The van der Waals surface area contributed by atoms with Crippen molar-refractivity contribution in [2.45, 2.75) is 31.6 Å². The summed E-state index contributed by atoms with van der Waals surface area (Å²) in [6, 6.07) is 13.2. The first-order valence-corrected chi connectivity index (χ1v) is 10.2. The molecule has 0 bridgehead atoms. The molecule has 0 atom stereocenters. The Morgan fingerprint density at radius 1 is 1.00 bits per heavy atom. The molecular weight excluding hydrogens is 366 g/mol. The minimum absolute atomic E-state index is 0.261. The number of hydrogen-bond donors (Lipinski definition) is 2. The van der Waals surface area contributed by atoms with Gasteiger partial charge in [0.2, 0.25) is 10.0 Å². The summed E-state index contributed by atoms with van der Waals surface area (Å²) in [5.74, 6) is 0.471. The maximum absolute atomic E-state index is 12.4. The number of nitrogens with zero attached hydrogens (tertiary/aromatic N) is 1. The molecule has 0 aliphatic rings. The summed E-state index contributed by atoms with van der Waals surface area (Å²) in [6.07, 6.45) is 0. The second kappa shape index (κ2) is 8.16. The summed E-state index contributed by atoms with van der Waals surface area (Å²) in [4.78, 5) is 0.261. The molecule has 26 heavy (non-hydrogen) atoms. The molecule has 2 aromatic rings. The predicted octanol–water partition coefficient (Wildman–Crippen LogP) is 4.18. The lowest BCUT2D eigenvalue weighted by Crippen LogP contribution is -2.24. The summed E-state index contributed by atoms with van der Waals surface area (Å²) < 4.78 is 26.0. The lowest BCUT2D eigenvalue weighted by Gasteiger charge is -2.16. The van der Waals surface area contributed by atoms with Gasteiger partial charge < -0.3 is 10.6 Å². The van der Waals surface area contributed by atoms with Gasteiger partial charge in [-0.1, -0.05) is 32.0 Å². The number of anilines is 2. The van der Waals surface area contributed by atoms with E-state index in [-0.39, 0.29) is 4.90 Å². The SMILES string of the molecule is Cc1ccc(NC(=S)Nc2ccc(C(C)C)cc2)cc1S(=O)(=O)N(C)C. The molecule has 0 heterocycles. The van der Waals surface area contributed by atoms with E-state index in [1.165, 1.54) is 24.0 Å². The second-order valence-electron chi connectivity index (χ2n) is 6.62. The molecular formula is C19H25N3O2S2. The third-order valence-corrected chi connectivity index (χ3v) is 6.20. The van der Waals surface area contributed by atoms with E-state index >= 15 is 0 Å². The summed E-state index contributed by atoms with van der Waals surface area (Å²) in [5.41, 5.74) is 3.44. The molecule has 0 aliphatic carbocycles. The van der Waals surface area contributed by atoms with Crippen LogP contribution in [0.15, 0.2) is 47.4 Å². The van der Waals surface area contributed by atoms with Crippen molar-refractivity contribution in [3.63, 3.8) is 0 Å². The maximum atomic E-state index is 12.4. The van der Waals surface area contributed by atoms with Crippen molar-refractivity contribution in [2.24, 2.45) is 0 Å². The van der Waals surface area contributed by atoms with Crippen LogP contribution in [0.1, 0.15) is 30.9 Å². The maximum Gasteiger partial charge on any atom is 0.242 e. The number of nitrogens with one attached hydrogen (secondary N) is 2. The van der Waals surface area contributed by atoms with Gasteiger partial charge in [-0.25, -0.2) is 12.7 Å². The van der Waals surface area contributed by atoms with E-state index in [9.17, 15) is 8.42 Å². The number of aryl methyl sites for hydroxylation is 1. The third kappa shape index (κ3) is 4.81. The zero-order chi connectivity index (χ0) is 19.5. The van der Waals surface area contributed by atoms with Gasteiger partial charge in [0.05, 0.1) is 4.90 Å². The van der Waals surface area contributed by atoms with Crippen molar-refractivity contribution in [1.82, 2.24) is 4.31 Å². The van der Waals surface area contributed by atoms with E-state index in [1.807, 2.05) is 12.1 Å². The normalized spacial score (nSPS) is 11.7. The Morgan fingerprint density at radius 3 is 2.08 bits per heavy atom. The highest BCUT2D eigenvalue weighted by Crippen LogP contribution is 2.23. The fraction of sp³-hybridized carbons (Fsp3) is 0.316. The Bertz CT molecular complexity index is 890. The van der Waals surface area contributed by atoms with Crippen LogP contribution < -0.4 is 10.6 Å². The number of benzene rings is 2. The molecule has 2 rings (SSSR count). The first-order chi connectivity index (χ1) is 12.1. The Morgan fingerprint density at radius 2 is 1.54 bits per heavy atom. The predicted molar refractivity (Wildman–Crippen MR) is 112 cm³/mol. The first-order valence-electron chi connectivity index (χ1n) is 8.32. The van der Waals surface area contributed by atoms with E-state index < -0.39 is 10.0 Å². The third-order valence-electron chi connectivity index (χ3n) is 4.04. The molecule has 0 aliphatic heterocycles. The Kier molecular flexibility index (Phi) is 6.39. The van der Waals surface area contributed by atoms with Gasteiger partial charge >= 0.3 is 0 Å². The summed E-state index contributed by atoms with van der Waals surface area (Å²) in [5, 5.41) is 6.56. The van der Waals surface area contributed by atoms with Gasteiger partial charge in [-0.2, -0.15) is 0 Å². The largest absolute Gasteiger partial charge is 0.332 e. The zero-order valence-electron chi connectivity index (χ0n) is 15.7. The topological polar surface area (TPSA) is 61.4 Å². The highest BCUT2D eigenvalue weighted by molar-refractivity contribution is 7.89. The van der Waals surface area contributed by atoms with Crippen LogP contribution >= 0.6 is 12.2 Å². The Balaban J connectivity index is 2.14. The average molecular weight is 392 g/mol. The van der Waals surface area contributed by atoms with E-state index in [4.69, 9.17) is 12.2 Å². The molecule has 0 radical (unpaired) electrons. The van der Waals surface area contributed by atoms with Crippen LogP contribution in [-0.2, 0) is 10.0 Å². The second-order valence-corrected chi connectivity index (χ2v) is 9.15. The summed E-state index contributed by atoms with van der Waals surface area (Å²) >= 11 is 5.34. The minimum atomic E-state index is -3.51. The lowest BCUT2D eigenvalue weighted by atomic mass is 10.0. The van der Waals surface area contributed by atoms with Crippen molar-refractivity contribution in [3.8, 4) is 0 Å². The molecule has 0 aromatic heterocycles. The first kappa shape index (κ1) is 20.4. The molecule has 0 spiro atoms. The van der Waals surface area contributed by atoms with E-state index in [0.29, 0.717) is 22.3 Å². The van der Waals surface area contributed by atoms with Crippen molar-refractivity contribution in [2.75, 3.05) is 24.7 Å². The summed E-state index contributed by atoms with van der Waals surface area (Å²) in [6.45, 7) is 6.06. The number of sulfonamides is 1. The lowest BCUT2D eigenvalue weighted by molar-refractivity contribution is 0.520. The van der Waals surface area contributed by atoms with Gasteiger partial charge in [0, 0.05) is 25.5 Å². The van der Waals surface area contributed by atoms with Gasteiger partial charge in [-0.05, 0) is 60.5 Å². The molecule has 0 saturated heterocycles. The van der Waals surface area contributed by atoms with Gasteiger partial charge in [-0.3, -0.25) is 0 Å². The summed E-state index contributed by atoms with van der Waals surface area (Å²) in [7, 11) is -0.477. The van der Waals surface area contributed by atoms with Crippen molar-refractivity contribution >= 4 is 38.7 Å². The number of rotatable bonds is 5. The van der Waals surface area contributed by atoms with E-state index in [0.717, 1.165) is 5.69 Å². The molecule has 0 unspecified atom stereocenters. The van der Waals surface area contributed by atoms with E-state index in [2.05, 4.69) is 36.6 Å². The van der Waals surface area contributed by atoms with Crippen molar-refractivity contribution < 1.29 is 8.42 Å². The van der Waals surface area contributed by atoms with Gasteiger partial charge in [-0.15, -0.1) is 0 Å². The van der Waals surface area contributed by atoms with Crippen LogP contribution in [-0.4, -0.2) is 31.9 Å². The van der Waals surface area contributed by atoms with Crippen LogP contribution in [0.3, 0.4) is 0 Å². The average Bonchev–Trinajstić information content (AvgIpc) is 2.56. The van der Waals surface area contributed by atoms with Crippen LogP contribution in [0.4, 0.5) is 11.4 Å². The Hall–Kier alpha value is -1.96. The quantitative estimate of drug-likeness (QED) is 0.749. The monoisotopic (exact) mass is 391 g/mol. The van der Waals surface area contributed by atoms with E-state index in [1.54, 1.807) is 25.1 Å². The molecule has 140 valence electrons. The standard InChI is InChI=1S/C19H25N3O2S2/c1-13(2)15-7-10-16(11-8-15)20-19(25)21-17-9-6-14(3)18(12-17)26(23,24)22(4)5/h6-13H,1-5H3,(H2,20,21,25). The van der Waals surface area contributed by atoms with Crippen LogP contribution in [0.2, 0.25) is 0 Å². The molecule has 2 aromatic carbocycles. The van der Waals surface area contributed by atoms with Crippen LogP contribution in [0.25, 0.3) is 0 Å². The van der Waals surface area contributed by atoms with Gasteiger partial charge in [0.25, 0.3) is 0 Å². The highest BCUT2D eigenvalue weighted by Gasteiger charge is 2.20. The number of hydrogen-bond acceptors (Lipinski definition) is 3. The van der Waals surface area contributed by atoms with Gasteiger partial charge in [0.1, 0.15) is 0 Å². The van der Waals surface area contributed by atoms with Gasteiger partial charge in [0.15, 0.2) is 5.11 Å². The smallest absolute Gasteiger partial charge is 0.242 e. The minimum Gasteiger partial charge on any atom is -0.332 e. The fourth-order valence-corrected chi connectivity index (χ4v) is 3.78. The van der Waals surface area contributed by atoms with Crippen molar-refractivity contribution in [3.05, 3.63) is 53.6 Å². The Labute approximate surface area is 161 Å².